The van der Waals surface area contributed by atoms with E-state index in [1.54, 1.807) is 18.2 Å². The summed E-state index contributed by atoms with van der Waals surface area (Å²) in [7, 11) is 0. The molecule has 0 atom stereocenters. The molecule has 0 aromatic heterocycles. The van der Waals surface area contributed by atoms with Gasteiger partial charge in [0.05, 0.1) is 4.92 Å². The molecule has 0 radical (unpaired) electrons. The Bertz CT molecular complexity index is 629. The summed E-state index contributed by atoms with van der Waals surface area (Å²) < 4.78 is 0. The quantitative estimate of drug-likeness (QED) is 0.563. The molecule has 6 heteroatoms. The summed E-state index contributed by atoms with van der Waals surface area (Å²) in [5.74, 6) is 0. The second-order valence-electron chi connectivity index (χ2n) is 3.55. The number of nitro groups is 1. The van der Waals surface area contributed by atoms with Gasteiger partial charge >= 0.3 is 0 Å². The molecule has 0 amide bonds. The number of nitro benzene ring substituents is 1. The summed E-state index contributed by atoms with van der Waals surface area (Å²) in [5, 5.41) is 12.0. The van der Waals surface area contributed by atoms with E-state index in [0.717, 1.165) is 0 Å². The molecule has 0 aliphatic rings. The molecule has 2 aromatic carbocycles. The van der Waals surface area contributed by atoms with Crippen molar-refractivity contribution >= 4 is 40.5 Å². The summed E-state index contributed by atoms with van der Waals surface area (Å²) >= 11 is 18.0. The summed E-state index contributed by atoms with van der Waals surface area (Å²) in [6.45, 7) is 0. The summed E-state index contributed by atoms with van der Waals surface area (Å²) in [5.41, 5.74) is 1.00. The Balaban J connectivity index is 2.66. The number of hydrogen-bond acceptors (Lipinski definition) is 2. The van der Waals surface area contributed by atoms with E-state index in [1.807, 2.05) is 0 Å². The highest BCUT2D eigenvalue weighted by atomic mass is 35.5. The predicted octanol–water partition coefficient (Wildman–Crippen LogP) is 5.22. The number of halogens is 3. The van der Waals surface area contributed by atoms with Crippen molar-refractivity contribution in [3.63, 3.8) is 0 Å². The average molecular weight is 303 g/mol. The Hall–Kier alpha value is -1.29. The maximum atomic E-state index is 10.8. The Morgan fingerprint density at radius 2 is 1.44 bits per heavy atom. The van der Waals surface area contributed by atoms with E-state index in [0.29, 0.717) is 26.2 Å². The minimum absolute atomic E-state index is 0.0505. The topological polar surface area (TPSA) is 43.1 Å². The van der Waals surface area contributed by atoms with Crippen molar-refractivity contribution in [2.75, 3.05) is 0 Å². The van der Waals surface area contributed by atoms with Crippen molar-refractivity contribution in [1.29, 1.82) is 0 Å². The van der Waals surface area contributed by atoms with Crippen LogP contribution in [-0.2, 0) is 0 Å². The predicted molar refractivity (Wildman–Crippen MR) is 73.6 cm³/mol. The lowest BCUT2D eigenvalue weighted by Crippen LogP contribution is -1.89. The van der Waals surface area contributed by atoms with Crippen LogP contribution >= 0.6 is 34.8 Å². The van der Waals surface area contributed by atoms with Crippen LogP contribution in [-0.4, -0.2) is 4.92 Å². The van der Waals surface area contributed by atoms with Gasteiger partial charge in [-0.15, -0.1) is 0 Å². The van der Waals surface area contributed by atoms with Gasteiger partial charge in [0.1, 0.15) is 0 Å². The van der Waals surface area contributed by atoms with Crippen LogP contribution in [0.5, 0.6) is 0 Å². The average Bonchev–Trinajstić information content (AvgIpc) is 2.33. The van der Waals surface area contributed by atoms with Crippen LogP contribution in [0.15, 0.2) is 36.4 Å². The summed E-state index contributed by atoms with van der Waals surface area (Å²) in [6, 6.07) is 9.05. The van der Waals surface area contributed by atoms with Gasteiger partial charge in [-0.25, -0.2) is 0 Å². The minimum Gasteiger partial charge on any atom is -0.258 e. The number of benzene rings is 2. The summed E-state index contributed by atoms with van der Waals surface area (Å²) in [6.07, 6.45) is 0. The number of hydrogen-bond donors (Lipinski definition) is 0. The third-order valence-corrected chi connectivity index (χ3v) is 3.27. The SMILES string of the molecule is O=[N+]([O-])c1ccc(Cl)c(-c2cc(Cl)ccc2Cl)c1. The molecular weight excluding hydrogens is 296 g/mol. The van der Waals surface area contributed by atoms with Gasteiger partial charge in [0.2, 0.25) is 0 Å². The van der Waals surface area contributed by atoms with E-state index in [1.165, 1.54) is 18.2 Å². The fraction of sp³-hybridized carbons (Fsp3) is 0. The Morgan fingerprint density at radius 3 is 2.06 bits per heavy atom. The molecule has 0 saturated heterocycles. The first-order valence-corrected chi connectivity index (χ1v) is 6.02. The number of rotatable bonds is 2. The van der Waals surface area contributed by atoms with Gasteiger partial charge in [0.15, 0.2) is 0 Å². The molecule has 3 nitrogen and oxygen atoms in total. The van der Waals surface area contributed by atoms with E-state index in [9.17, 15) is 10.1 Å². The fourth-order valence-electron chi connectivity index (χ4n) is 1.54. The monoisotopic (exact) mass is 301 g/mol. The van der Waals surface area contributed by atoms with Gasteiger partial charge in [-0.3, -0.25) is 10.1 Å². The highest BCUT2D eigenvalue weighted by Gasteiger charge is 2.13. The Morgan fingerprint density at radius 1 is 0.889 bits per heavy atom. The molecule has 0 spiro atoms. The fourth-order valence-corrected chi connectivity index (χ4v) is 2.15. The molecule has 0 bridgehead atoms. The first kappa shape index (κ1) is 13.1. The second kappa shape index (κ2) is 5.14. The highest BCUT2D eigenvalue weighted by molar-refractivity contribution is 6.37. The molecule has 0 unspecified atom stereocenters. The van der Waals surface area contributed by atoms with Gasteiger partial charge < -0.3 is 0 Å². The number of nitrogens with zero attached hydrogens (tertiary/aromatic N) is 1. The van der Waals surface area contributed by atoms with Crippen molar-refractivity contribution < 1.29 is 4.92 Å². The Labute approximate surface area is 118 Å². The van der Waals surface area contributed by atoms with Gasteiger partial charge in [0.25, 0.3) is 5.69 Å². The standard InChI is InChI=1S/C12H6Cl3NO2/c13-7-1-3-11(14)9(5-7)10-6-8(16(17)18)2-4-12(10)15/h1-6H. The lowest BCUT2D eigenvalue weighted by atomic mass is 10.0. The van der Waals surface area contributed by atoms with Crippen molar-refractivity contribution in [2.24, 2.45) is 0 Å². The minimum atomic E-state index is -0.488. The molecule has 0 heterocycles. The third-order valence-electron chi connectivity index (χ3n) is 2.38. The van der Waals surface area contributed by atoms with Crippen LogP contribution in [0.2, 0.25) is 15.1 Å². The molecular formula is C12H6Cl3NO2. The van der Waals surface area contributed by atoms with E-state index in [2.05, 4.69) is 0 Å². The summed E-state index contributed by atoms with van der Waals surface area (Å²) in [4.78, 5) is 10.3. The molecule has 2 aromatic rings. The van der Waals surface area contributed by atoms with Crippen molar-refractivity contribution in [3.8, 4) is 11.1 Å². The zero-order chi connectivity index (χ0) is 13.3. The van der Waals surface area contributed by atoms with Crippen molar-refractivity contribution in [3.05, 3.63) is 61.6 Å². The Kier molecular flexibility index (Phi) is 3.76. The molecule has 0 aliphatic heterocycles. The van der Waals surface area contributed by atoms with Crippen LogP contribution in [0.1, 0.15) is 0 Å². The smallest absolute Gasteiger partial charge is 0.258 e. The third kappa shape index (κ3) is 2.58. The molecule has 18 heavy (non-hydrogen) atoms. The molecule has 2 rings (SSSR count). The van der Waals surface area contributed by atoms with Crippen LogP contribution in [0.3, 0.4) is 0 Å². The normalized spacial score (nSPS) is 10.4. The first-order valence-electron chi connectivity index (χ1n) is 4.88. The first-order chi connectivity index (χ1) is 8.49. The number of non-ortho nitro benzene ring substituents is 1. The molecule has 92 valence electrons. The highest BCUT2D eigenvalue weighted by Crippen LogP contribution is 2.36. The zero-order valence-electron chi connectivity index (χ0n) is 8.86. The lowest BCUT2D eigenvalue weighted by molar-refractivity contribution is -0.384. The zero-order valence-corrected chi connectivity index (χ0v) is 11.1. The van der Waals surface area contributed by atoms with Gasteiger partial charge in [-0.05, 0) is 24.3 Å². The van der Waals surface area contributed by atoms with Crippen LogP contribution in [0.4, 0.5) is 5.69 Å². The maximum Gasteiger partial charge on any atom is 0.270 e. The van der Waals surface area contributed by atoms with E-state index >= 15 is 0 Å². The van der Waals surface area contributed by atoms with Crippen molar-refractivity contribution in [2.45, 2.75) is 0 Å². The van der Waals surface area contributed by atoms with Crippen molar-refractivity contribution in [1.82, 2.24) is 0 Å². The maximum absolute atomic E-state index is 10.8. The van der Waals surface area contributed by atoms with E-state index in [-0.39, 0.29) is 5.69 Å². The largest absolute Gasteiger partial charge is 0.270 e. The van der Waals surface area contributed by atoms with E-state index < -0.39 is 4.92 Å². The molecule has 0 aliphatic carbocycles. The molecule has 0 fully saturated rings. The van der Waals surface area contributed by atoms with Crippen LogP contribution in [0.25, 0.3) is 11.1 Å². The molecule has 0 saturated carbocycles. The van der Waals surface area contributed by atoms with E-state index in [4.69, 9.17) is 34.8 Å². The van der Waals surface area contributed by atoms with Gasteiger partial charge in [0, 0.05) is 38.3 Å². The lowest BCUT2D eigenvalue weighted by Gasteiger charge is -2.07. The second-order valence-corrected chi connectivity index (χ2v) is 4.80. The van der Waals surface area contributed by atoms with Crippen LogP contribution < -0.4 is 0 Å². The molecule has 0 N–H and O–H groups in total. The van der Waals surface area contributed by atoms with Gasteiger partial charge in [-0.2, -0.15) is 0 Å². The van der Waals surface area contributed by atoms with Gasteiger partial charge in [-0.1, -0.05) is 34.8 Å². The van der Waals surface area contributed by atoms with Crippen LogP contribution in [0, 0.1) is 10.1 Å².